The van der Waals surface area contributed by atoms with Crippen LogP contribution in [0, 0.1) is 6.92 Å². The number of oxazole rings is 1. The van der Waals surface area contributed by atoms with Crippen LogP contribution in [0.4, 0.5) is 0 Å². The van der Waals surface area contributed by atoms with Crippen molar-refractivity contribution in [2.45, 2.75) is 20.3 Å². The number of benzene rings is 1. The molecule has 0 aliphatic rings. The molecule has 0 aliphatic carbocycles. The van der Waals surface area contributed by atoms with Gasteiger partial charge in [-0.05, 0) is 37.6 Å². The van der Waals surface area contributed by atoms with Gasteiger partial charge in [-0.3, -0.25) is 0 Å². The van der Waals surface area contributed by atoms with E-state index in [2.05, 4.69) is 11.9 Å². The van der Waals surface area contributed by atoms with Gasteiger partial charge in [-0.25, -0.2) is 4.98 Å². The van der Waals surface area contributed by atoms with Gasteiger partial charge in [0.15, 0.2) is 0 Å². The van der Waals surface area contributed by atoms with E-state index < -0.39 is 0 Å². The van der Waals surface area contributed by atoms with E-state index in [-0.39, 0.29) is 0 Å². The number of hydrogen-bond donors (Lipinski definition) is 0. The van der Waals surface area contributed by atoms with Crippen LogP contribution in [0.25, 0.3) is 22.8 Å². The van der Waals surface area contributed by atoms with Crippen LogP contribution < -0.4 is 0 Å². The summed E-state index contributed by atoms with van der Waals surface area (Å²) in [6.07, 6.45) is 2.56. The van der Waals surface area contributed by atoms with Gasteiger partial charge in [-0.2, -0.15) is 0 Å². The molecule has 3 nitrogen and oxygen atoms in total. The van der Waals surface area contributed by atoms with Crippen LogP contribution in [0.1, 0.15) is 18.4 Å². The van der Waals surface area contributed by atoms with E-state index in [0.29, 0.717) is 5.89 Å². The predicted molar refractivity (Wildman–Crippen MR) is 73.8 cm³/mol. The van der Waals surface area contributed by atoms with Crippen molar-refractivity contribution in [2.75, 3.05) is 0 Å². The van der Waals surface area contributed by atoms with E-state index in [0.717, 1.165) is 34.8 Å². The van der Waals surface area contributed by atoms with Gasteiger partial charge < -0.3 is 8.83 Å². The molecule has 0 amide bonds. The average Bonchev–Trinajstić information content (AvgIpc) is 3.08. The number of aryl methyl sites for hydroxylation is 2. The van der Waals surface area contributed by atoms with Crippen LogP contribution in [0.5, 0.6) is 0 Å². The van der Waals surface area contributed by atoms with Crippen LogP contribution in [0.15, 0.2) is 51.5 Å². The molecular weight excluding hydrogens is 238 g/mol. The van der Waals surface area contributed by atoms with Gasteiger partial charge in [0.2, 0.25) is 5.89 Å². The van der Waals surface area contributed by atoms with Crippen molar-refractivity contribution in [1.82, 2.24) is 4.98 Å². The number of hydrogen-bond acceptors (Lipinski definition) is 3. The van der Waals surface area contributed by atoms with E-state index in [1.165, 1.54) is 0 Å². The fraction of sp³-hybridized carbons (Fsp3) is 0.188. The Labute approximate surface area is 111 Å². The van der Waals surface area contributed by atoms with Gasteiger partial charge in [0.25, 0.3) is 0 Å². The standard InChI is InChI=1S/C16H15NO2/c1-3-14-11(2)19-16(17-14)13-7-4-6-12(10-13)15-8-5-9-18-15/h4-10H,3H2,1-2H3. The Hall–Kier alpha value is -2.29. The number of aromatic nitrogens is 1. The molecule has 0 saturated carbocycles. The van der Waals surface area contributed by atoms with Gasteiger partial charge in [-0.15, -0.1) is 0 Å². The third-order valence-electron chi connectivity index (χ3n) is 3.14. The van der Waals surface area contributed by atoms with Crippen molar-refractivity contribution in [3.05, 3.63) is 54.1 Å². The summed E-state index contributed by atoms with van der Waals surface area (Å²) >= 11 is 0. The molecule has 0 unspecified atom stereocenters. The zero-order chi connectivity index (χ0) is 13.2. The molecule has 19 heavy (non-hydrogen) atoms. The van der Waals surface area contributed by atoms with Crippen molar-refractivity contribution < 1.29 is 8.83 Å². The SMILES string of the molecule is CCc1nc(-c2cccc(-c3ccco3)c2)oc1C. The van der Waals surface area contributed by atoms with Crippen LogP contribution in [0.3, 0.4) is 0 Å². The molecule has 2 aromatic heterocycles. The molecular formula is C16H15NO2. The molecule has 1 aromatic carbocycles. The lowest BCUT2D eigenvalue weighted by Crippen LogP contribution is -1.83. The van der Waals surface area contributed by atoms with Gasteiger partial charge in [0.05, 0.1) is 12.0 Å². The third kappa shape index (κ3) is 2.19. The minimum absolute atomic E-state index is 0.669. The van der Waals surface area contributed by atoms with Gasteiger partial charge in [0.1, 0.15) is 11.5 Å². The van der Waals surface area contributed by atoms with Crippen molar-refractivity contribution in [2.24, 2.45) is 0 Å². The lowest BCUT2D eigenvalue weighted by molar-refractivity contribution is 0.539. The molecule has 0 atom stereocenters. The Morgan fingerprint density at radius 1 is 1.11 bits per heavy atom. The smallest absolute Gasteiger partial charge is 0.226 e. The summed E-state index contributed by atoms with van der Waals surface area (Å²) in [5, 5.41) is 0. The second-order valence-electron chi connectivity index (χ2n) is 4.43. The summed E-state index contributed by atoms with van der Waals surface area (Å²) in [5.41, 5.74) is 3.01. The lowest BCUT2D eigenvalue weighted by Gasteiger charge is -1.99. The fourth-order valence-electron chi connectivity index (χ4n) is 2.13. The predicted octanol–water partition coefficient (Wildman–Crippen LogP) is 4.47. The number of rotatable bonds is 3. The zero-order valence-electron chi connectivity index (χ0n) is 11.0. The van der Waals surface area contributed by atoms with E-state index in [1.54, 1.807) is 6.26 Å². The Kier molecular flexibility index (Phi) is 2.95. The highest BCUT2D eigenvalue weighted by molar-refractivity contribution is 5.66. The quantitative estimate of drug-likeness (QED) is 0.691. The summed E-state index contributed by atoms with van der Waals surface area (Å²) in [7, 11) is 0. The van der Waals surface area contributed by atoms with Crippen molar-refractivity contribution >= 4 is 0 Å². The maximum Gasteiger partial charge on any atom is 0.226 e. The Morgan fingerprint density at radius 3 is 2.63 bits per heavy atom. The summed E-state index contributed by atoms with van der Waals surface area (Å²) in [6.45, 7) is 4.03. The highest BCUT2D eigenvalue weighted by Crippen LogP contribution is 2.27. The normalized spacial score (nSPS) is 10.8. The first-order chi connectivity index (χ1) is 9.28. The monoisotopic (exact) mass is 253 g/mol. The minimum atomic E-state index is 0.669. The van der Waals surface area contributed by atoms with E-state index in [1.807, 2.05) is 43.3 Å². The molecule has 0 spiro atoms. The van der Waals surface area contributed by atoms with Crippen LogP contribution in [-0.4, -0.2) is 4.98 Å². The summed E-state index contributed by atoms with van der Waals surface area (Å²) in [4.78, 5) is 4.52. The summed E-state index contributed by atoms with van der Waals surface area (Å²) in [5.74, 6) is 2.41. The lowest BCUT2D eigenvalue weighted by atomic mass is 10.1. The average molecular weight is 253 g/mol. The number of nitrogens with zero attached hydrogens (tertiary/aromatic N) is 1. The Morgan fingerprint density at radius 2 is 1.95 bits per heavy atom. The molecule has 96 valence electrons. The van der Waals surface area contributed by atoms with Crippen molar-refractivity contribution in [3.63, 3.8) is 0 Å². The van der Waals surface area contributed by atoms with Gasteiger partial charge in [-0.1, -0.05) is 19.1 Å². The van der Waals surface area contributed by atoms with Gasteiger partial charge in [0, 0.05) is 11.1 Å². The molecule has 2 heterocycles. The maximum absolute atomic E-state index is 5.72. The van der Waals surface area contributed by atoms with E-state index in [4.69, 9.17) is 8.83 Å². The summed E-state index contributed by atoms with van der Waals surface area (Å²) in [6, 6.07) is 11.8. The molecule has 0 radical (unpaired) electrons. The molecule has 0 fully saturated rings. The first-order valence-electron chi connectivity index (χ1n) is 6.38. The Bertz CT molecular complexity index is 681. The molecule has 0 aliphatic heterocycles. The minimum Gasteiger partial charge on any atom is -0.464 e. The van der Waals surface area contributed by atoms with Crippen LogP contribution in [-0.2, 0) is 6.42 Å². The highest BCUT2D eigenvalue weighted by atomic mass is 16.4. The molecule has 3 rings (SSSR count). The van der Waals surface area contributed by atoms with Gasteiger partial charge >= 0.3 is 0 Å². The third-order valence-corrected chi connectivity index (χ3v) is 3.14. The van der Waals surface area contributed by atoms with Crippen molar-refractivity contribution in [1.29, 1.82) is 0 Å². The van der Waals surface area contributed by atoms with E-state index >= 15 is 0 Å². The molecule has 3 aromatic rings. The Balaban J connectivity index is 2.03. The van der Waals surface area contributed by atoms with E-state index in [9.17, 15) is 0 Å². The zero-order valence-corrected chi connectivity index (χ0v) is 11.0. The number of furan rings is 1. The largest absolute Gasteiger partial charge is 0.464 e. The van der Waals surface area contributed by atoms with Crippen LogP contribution in [0.2, 0.25) is 0 Å². The first kappa shape index (κ1) is 11.8. The molecule has 0 N–H and O–H groups in total. The second kappa shape index (κ2) is 4.76. The van der Waals surface area contributed by atoms with Crippen molar-refractivity contribution in [3.8, 4) is 22.8 Å². The highest BCUT2D eigenvalue weighted by Gasteiger charge is 2.11. The summed E-state index contributed by atoms with van der Waals surface area (Å²) < 4.78 is 11.1. The second-order valence-corrected chi connectivity index (χ2v) is 4.43. The molecule has 3 heteroatoms. The molecule has 0 bridgehead atoms. The van der Waals surface area contributed by atoms with Crippen LogP contribution >= 0.6 is 0 Å². The molecule has 0 saturated heterocycles. The fourth-order valence-corrected chi connectivity index (χ4v) is 2.13. The maximum atomic E-state index is 5.72. The topological polar surface area (TPSA) is 39.2 Å². The first-order valence-corrected chi connectivity index (χ1v) is 6.38.